The van der Waals surface area contributed by atoms with Crippen LogP contribution in [0.3, 0.4) is 0 Å². The van der Waals surface area contributed by atoms with Gasteiger partial charge in [0, 0.05) is 24.8 Å². The fraction of sp³-hybridized carbons (Fsp3) is 0.133. The molecular formula is C15H14ClN3OS. The van der Waals surface area contributed by atoms with Crippen LogP contribution in [0.15, 0.2) is 47.4 Å². The SMILES string of the molecule is CNc1ccc2c(c1)N(C)C(=O)N(c1ccc(Cl)cc1)S2. The lowest BCUT2D eigenvalue weighted by atomic mass is 10.2. The van der Waals surface area contributed by atoms with Crippen molar-refractivity contribution in [2.45, 2.75) is 4.90 Å². The molecule has 0 aliphatic carbocycles. The summed E-state index contributed by atoms with van der Waals surface area (Å²) in [5, 5.41) is 3.74. The van der Waals surface area contributed by atoms with Gasteiger partial charge in [0.05, 0.1) is 16.3 Å². The van der Waals surface area contributed by atoms with E-state index in [1.54, 1.807) is 28.4 Å². The summed E-state index contributed by atoms with van der Waals surface area (Å²) in [4.78, 5) is 15.2. The van der Waals surface area contributed by atoms with E-state index in [0.29, 0.717) is 5.02 Å². The zero-order valence-electron chi connectivity index (χ0n) is 11.6. The molecule has 0 atom stereocenters. The minimum Gasteiger partial charge on any atom is -0.388 e. The van der Waals surface area contributed by atoms with E-state index in [0.717, 1.165) is 22.0 Å². The summed E-state index contributed by atoms with van der Waals surface area (Å²) >= 11 is 7.32. The van der Waals surface area contributed by atoms with Crippen molar-refractivity contribution >= 4 is 46.6 Å². The maximum absolute atomic E-state index is 12.6. The average molecular weight is 320 g/mol. The molecule has 4 nitrogen and oxygen atoms in total. The number of anilines is 3. The summed E-state index contributed by atoms with van der Waals surface area (Å²) in [6.45, 7) is 0. The van der Waals surface area contributed by atoms with E-state index in [1.807, 2.05) is 37.4 Å². The number of hydrogen-bond acceptors (Lipinski definition) is 3. The van der Waals surface area contributed by atoms with Crippen LogP contribution in [-0.4, -0.2) is 20.1 Å². The predicted molar refractivity (Wildman–Crippen MR) is 89.6 cm³/mol. The van der Waals surface area contributed by atoms with Gasteiger partial charge in [-0.25, -0.2) is 9.10 Å². The number of carbonyl (C=O) groups is 1. The number of carbonyl (C=O) groups excluding carboxylic acids is 1. The van der Waals surface area contributed by atoms with Crippen LogP contribution in [0.4, 0.5) is 21.9 Å². The third-order valence-corrected chi connectivity index (χ3v) is 4.66. The monoisotopic (exact) mass is 319 g/mol. The van der Waals surface area contributed by atoms with Crippen molar-refractivity contribution in [1.82, 2.24) is 0 Å². The van der Waals surface area contributed by atoms with Gasteiger partial charge in [0.25, 0.3) is 0 Å². The molecule has 1 aliphatic rings. The molecule has 6 heteroatoms. The normalized spacial score (nSPS) is 14.1. The largest absolute Gasteiger partial charge is 0.388 e. The van der Waals surface area contributed by atoms with Gasteiger partial charge in [-0.1, -0.05) is 11.6 Å². The Morgan fingerprint density at radius 1 is 1.14 bits per heavy atom. The first kappa shape index (κ1) is 14.1. The van der Waals surface area contributed by atoms with Gasteiger partial charge in [-0.3, -0.25) is 4.90 Å². The van der Waals surface area contributed by atoms with E-state index in [-0.39, 0.29) is 6.03 Å². The minimum absolute atomic E-state index is 0.0805. The standard InChI is InChI=1S/C15H14ClN3OS/c1-17-11-5-8-14-13(9-11)18(2)15(20)19(21-14)12-6-3-10(16)4-7-12/h3-9,17H,1-2H3. The molecule has 0 aromatic heterocycles. The summed E-state index contributed by atoms with van der Waals surface area (Å²) < 4.78 is 1.66. The number of nitrogens with zero attached hydrogens (tertiary/aromatic N) is 2. The smallest absolute Gasteiger partial charge is 0.339 e. The Hall–Kier alpha value is -1.85. The van der Waals surface area contributed by atoms with E-state index in [1.165, 1.54) is 11.9 Å². The van der Waals surface area contributed by atoms with Crippen LogP contribution in [0.2, 0.25) is 5.02 Å². The maximum atomic E-state index is 12.6. The van der Waals surface area contributed by atoms with Gasteiger partial charge in [0.1, 0.15) is 0 Å². The number of rotatable bonds is 2. The van der Waals surface area contributed by atoms with Crippen LogP contribution in [0.5, 0.6) is 0 Å². The predicted octanol–water partition coefficient (Wildman–Crippen LogP) is 4.47. The lowest BCUT2D eigenvalue weighted by molar-refractivity contribution is 0.255. The van der Waals surface area contributed by atoms with Crippen molar-refractivity contribution in [1.29, 1.82) is 0 Å². The molecule has 0 spiro atoms. The number of halogens is 1. The molecule has 0 radical (unpaired) electrons. The van der Waals surface area contributed by atoms with E-state index in [2.05, 4.69) is 5.32 Å². The molecule has 2 aromatic carbocycles. The third kappa shape index (κ3) is 2.54. The van der Waals surface area contributed by atoms with Gasteiger partial charge in [0.2, 0.25) is 0 Å². The Morgan fingerprint density at radius 3 is 2.52 bits per heavy atom. The minimum atomic E-state index is -0.0805. The summed E-state index contributed by atoms with van der Waals surface area (Å²) in [6, 6.07) is 13.1. The van der Waals surface area contributed by atoms with Crippen molar-refractivity contribution in [2.24, 2.45) is 0 Å². The molecule has 0 unspecified atom stereocenters. The number of fused-ring (bicyclic) bond motifs is 1. The van der Waals surface area contributed by atoms with Gasteiger partial charge >= 0.3 is 6.03 Å². The molecule has 21 heavy (non-hydrogen) atoms. The van der Waals surface area contributed by atoms with Crippen LogP contribution in [0, 0.1) is 0 Å². The Balaban J connectivity index is 1.99. The quantitative estimate of drug-likeness (QED) is 0.830. The maximum Gasteiger partial charge on any atom is 0.339 e. The molecule has 0 saturated heterocycles. The Bertz CT molecular complexity index is 690. The van der Waals surface area contributed by atoms with Crippen LogP contribution in [-0.2, 0) is 0 Å². The molecular weight excluding hydrogens is 306 g/mol. The highest BCUT2D eigenvalue weighted by Crippen LogP contribution is 2.42. The molecule has 2 amide bonds. The van der Waals surface area contributed by atoms with E-state index in [4.69, 9.17) is 11.6 Å². The van der Waals surface area contributed by atoms with Gasteiger partial charge in [-0.15, -0.1) is 0 Å². The fourth-order valence-electron chi connectivity index (χ4n) is 2.13. The Morgan fingerprint density at radius 2 is 1.86 bits per heavy atom. The van der Waals surface area contributed by atoms with Crippen LogP contribution < -0.4 is 14.5 Å². The summed E-state index contributed by atoms with van der Waals surface area (Å²) in [5.41, 5.74) is 2.69. The zero-order valence-corrected chi connectivity index (χ0v) is 13.2. The zero-order chi connectivity index (χ0) is 15.0. The molecule has 108 valence electrons. The van der Waals surface area contributed by atoms with E-state index in [9.17, 15) is 4.79 Å². The second-order valence-electron chi connectivity index (χ2n) is 4.64. The van der Waals surface area contributed by atoms with Crippen LogP contribution in [0.1, 0.15) is 0 Å². The third-order valence-electron chi connectivity index (χ3n) is 3.32. The van der Waals surface area contributed by atoms with Crippen molar-refractivity contribution in [3.05, 3.63) is 47.5 Å². The average Bonchev–Trinajstić information content (AvgIpc) is 2.51. The summed E-state index contributed by atoms with van der Waals surface area (Å²) in [5.74, 6) is 0. The Labute approximate surface area is 132 Å². The van der Waals surface area contributed by atoms with Crippen molar-refractivity contribution in [3.8, 4) is 0 Å². The molecule has 2 aromatic rings. The molecule has 3 rings (SSSR count). The van der Waals surface area contributed by atoms with Gasteiger partial charge in [0.15, 0.2) is 0 Å². The number of benzene rings is 2. The van der Waals surface area contributed by atoms with Gasteiger partial charge in [-0.2, -0.15) is 0 Å². The summed E-state index contributed by atoms with van der Waals surface area (Å²) in [7, 11) is 3.64. The number of amides is 2. The molecule has 0 fully saturated rings. The highest BCUT2D eigenvalue weighted by molar-refractivity contribution is 8.01. The molecule has 0 bridgehead atoms. The number of urea groups is 1. The first-order valence-corrected chi connectivity index (χ1v) is 7.58. The fourth-order valence-corrected chi connectivity index (χ4v) is 3.30. The second-order valence-corrected chi connectivity index (χ2v) is 6.06. The van der Waals surface area contributed by atoms with Crippen molar-refractivity contribution < 1.29 is 4.79 Å². The lowest BCUT2D eigenvalue weighted by Crippen LogP contribution is -2.40. The van der Waals surface area contributed by atoms with E-state index >= 15 is 0 Å². The second kappa shape index (κ2) is 5.50. The van der Waals surface area contributed by atoms with E-state index < -0.39 is 0 Å². The van der Waals surface area contributed by atoms with Crippen LogP contribution >= 0.6 is 23.5 Å². The van der Waals surface area contributed by atoms with Crippen molar-refractivity contribution in [2.75, 3.05) is 28.6 Å². The van der Waals surface area contributed by atoms with Gasteiger partial charge < -0.3 is 5.32 Å². The molecule has 1 heterocycles. The lowest BCUT2D eigenvalue weighted by Gasteiger charge is -2.33. The molecule has 0 saturated carbocycles. The molecule has 1 N–H and O–H groups in total. The van der Waals surface area contributed by atoms with Crippen molar-refractivity contribution in [3.63, 3.8) is 0 Å². The molecule has 1 aliphatic heterocycles. The summed E-state index contributed by atoms with van der Waals surface area (Å²) in [6.07, 6.45) is 0. The Kier molecular flexibility index (Phi) is 3.69. The topological polar surface area (TPSA) is 35.6 Å². The highest BCUT2D eigenvalue weighted by Gasteiger charge is 2.30. The first-order valence-electron chi connectivity index (χ1n) is 6.43. The number of hydrogen-bond donors (Lipinski definition) is 1. The highest BCUT2D eigenvalue weighted by atomic mass is 35.5. The first-order chi connectivity index (χ1) is 10.1. The van der Waals surface area contributed by atoms with Crippen LogP contribution in [0.25, 0.3) is 0 Å². The number of nitrogens with one attached hydrogen (secondary N) is 1. The van der Waals surface area contributed by atoms with Gasteiger partial charge in [-0.05, 0) is 54.4 Å².